The summed E-state index contributed by atoms with van der Waals surface area (Å²) in [5, 5.41) is 11.1. The first-order valence-electron chi connectivity index (χ1n) is 7.38. The molecule has 1 aromatic rings. The summed E-state index contributed by atoms with van der Waals surface area (Å²) in [5.41, 5.74) is 0.804. The molecule has 23 heavy (non-hydrogen) atoms. The third-order valence-electron chi connectivity index (χ3n) is 2.88. The first kappa shape index (κ1) is 18.5. The van der Waals surface area contributed by atoms with Crippen molar-refractivity contribution in [2.24, 2.45) is 0 Å². The van der Waals surface area contributed by atoms with Gasteiger partial charge in [-0.2, -0.15) is 0 Å². The molecule has 0 radical (unpaired) electrons. The molecular formula is C16H21NO6. The number of carboxylic acids is 1. The van der Waals surface area contributed by atoms with Crippen LogP contribution in [0, 0.1) is 0 Å². The molecular weight excluding hydrogens is 302 g/mol. The van der Waals surface area contributed by atoms with Crippen molar-refractivity contribution in [1.82, 2.24) is 5.32 Å². The normalized spacial score (nSPS) is 11.3. The van der Waals surface area contributed by atoms with Crippen LogP contribution in [-0.2, 0) is 25.7 Å². The number of aliphatic carboxylic acids is 1. The highest BCUT2D eigenvalue weighted by molar-refractivity contribution is 5.82. The number of benzene rings is 1. The van der Waals surface area contributed by atoms with Crippen LogP contribution in [0.1, 0.15) is 31.7 Å². The van der Waals surface area contributed by atoms with E-state index in [1.807, 2.05) is 25.1 Å². The van der Waals surface area contributed by atoms with E-state index in [1.54, 1.807) is 12.1 Å². The molecule has 1 unspecified atom stereocenters. The number of carbonyl (C=O) groups excluding carboxylic acids is 2. The zero-order valence-electron chi connectivity index (χ0n) is 13.0. The fourth-order valence-electron chi connectivity index (χ4n) is 1.73. The van der Waals surface area contributed by atoms with Crippen LogP contribution in [0.25, 0.3) is 0 Å². The van der Waals surface area contributed by atoms with Gasteiger partial charge < -0.3 is 19.9 Å². The van der Waals surface area contributed by atoms with Crippen LogP contribution in [0.15, 0.2) is 30.3 Å². The van der Waals surface area contributed by atoms with E-state index in [1.165, 1.54) is 0 Å². The van der Waals surface area contributed by atoms with Crippen LogP contribution in [0.4, 0.5) is 4.79 Å². The second kappa shape index (κ2) is 10.2. The second-order valence-corrected chi connectivity index (χ2v) is 4.86. The largest absolute Gasteiger partial charge is 0.481 e. The van der Waals surface area contributed by atoms with Crippen molar-refractivity contribution in [1.29, 1.82) is 0 Å². The quantitative estimate of drug-likeness (QED) is 0.675. The molecule has 7 nitrogen and oxygen atoms in total. The van der Waals surface area contributed by atoms with Crippen molar-refractivity contribution in [2.75, 3.05) is 6.61 Å². The van der Waals surface area contributed by atoms with Crippen LogP contribution < -0.4 is 5.32 Å². The molecule has 0 aliphatic heterocycles. The highest BCUT2D eigenvalue weighted by Gasteiger charge is 2.23. The standard InChI is InChI=1S/C16H21NO6/c1-2-10-22-15(20)13(8-9-14(18)19)17-16(21)23-11-12-6-4-3-5-7-12/h3-7,13H,2,8-11H2,1H3,(H,17,21)(H,18,19). The molecule has 7 heteroatoms. The number of ether oxygens (including phenoxy) is 2. The summed E-state index contributed by atoms with van der Waals surface area (Å²) in [6.45, 7) is 2.10. The summed E-state index contributed by atoms with van der Waals surface area (Å²) in [6.07, 6.45) is -0.475. The van der Waals surface area contributed by atoms with Crippen LogP contribution in [0.2, 0.25) is 0 Å². The first-order chi connectivity index (χ1) is 11.0. The highest BCUT2D eigenvalue weighted by Crippen LogP contribution is 2.04. The number of hydrogen-bond acceptors (Lipinski definition) is 5. The van der Waals surface area contributed by atoms with Crippen molar-refractivity contribution in [3.63, 3.8) is 0 Å². The number of esters is 1. The molecule has 0 bridgehead atoms. The summed E-state index contributed by atoms with van der Waals surface area (Å²) in [6, 6.07) is 8.02. The molecule has 0 aliphatic carbocycles. The summed E-state index contributed by atoms with van der Waals surface area (Å²) in [7, 11) is 0. The van der Waals surface area contributed by atoms with E-state index in [0.29, 0.717) is 6.42 Å². The Labute approximate surface area is 134 Å². The van der Waals surface area contributed by atoms with Gasteiger partial charge >= 0.3 is 18.0 Å². The van der Waals surface area contributed by atoms with Crippen LogP contribution in [0.3, 0.4) is 0 Å². The fourth-order valence-corrected chi connectivity index (χ4v) is 1.73. The average Bonchev–Trinajstić information content (AvgIpc) is 2.55. The summed E-state index contributed by atoms with van der Waals surface area (Å²) >= 11 is 0. The molecule has 0 aliphatic rings. The van der Waals surface area contributed by atoms with Gasteiger partial charge in [0.05, 0.1) is 6.61 Å². The minimum Gasteiger partial charge on any atom is -0.481 e. The molecule has 1 rings (SSSR count). The molecule has 0 spiro atoms. The predicted molar refractivity (Wildman–Crippen MR) is 81.7 cm³/mol. The van der Waals surface area contributed by atoms with Gasteiger partial charge in [0.1, 0.15) is 12.6 Å². The maximum atomic E-state index is 11.8. The molecule has 0 saturated heterocycles. The van der Waals surface area contributed by atoms with Crippen molar-refractivity contribution < 1.29 is 29.0 Å². The maximum absolute atomic E-state index is 11.8. The lowest BCUT2D eigenvalue weighted by Gasteiger charge is -2.16. The highest BCUT2D eigenvalue weighted by atomic mass is 16.6. The van der Waals surface area contributed by atoms with E-state index in [2.05, 4.69) is 5.32 Å². The molecule has 0 aromatic heterocycles. The summed E-state index contributed by atoms with van der Waals surface area (Å²) in [4.78, 5) is 34.2. The number of nitrogens with one attached hydrogen (secondary N) is 1. The van der Waals surface area contributed by atoms with Gasteiger partial charge in [-0.1, -0.05) is 37.3 Å². The van der Waals surface area contributed by atoms with Gasteiger partial charge in [-0.15, -0.1) is 0 Å². The van der Waals surface area contributed by atoms with Crippen molar-refractivity contribution >= 4 is 18.0 Å². The van der Waals surface area contributed by atoms with E-state index in [-0.39, 0.29) is 26.1 Å². The SMILES string of the molecule is CCCOC(=O)C(CCC(=O)O)NC(=O)OCc1ccccc1. The lowest BCUT2D eigenvalue weighted by Crippen LogP contribution is -2.42. The molecule has 1 amide bonds. The lowest BCUT2D eigenvalue weighted by atomic mass is 10.1. The first-order valence-corrected chi connectivity index (χ1v) is 7.38. The number of hydrogen-bond donors (Lipinski definition) is 2. The van der Waals surface area contributed by atoms with Crippen molar-refractivity contribution in [2.45, 2.75) is 38.8 Å². The van der Waals surface area contributed by atoms with E-state index in [9.17, 15) is 14.4 Å². The molecule has 1 atom stereocenters. The number of rotatable bonds is 9. The van der Waals surface area contributed by atoms with E-state index in [4.69, 9.17) is 14.6 Å². The molecule has 1 aromatic carbocycles. The Morgan fingerprint density at radius 3 is 2.48 bits per heavy atom. The number of alkyl carbamates (subject to hydrolysis) is 1. The summed E-state index contributed by atoms with van der Waals surface area (Å²) < 4.78 is 9.96. The zero-order chi connectivity index (χ0) is 17.1. The summed E-state index contributed by atoms with van der Waals surface area (Å²) in [5.74, 6) is -1.72. The van der Waals surface area contributed by atoms with Gasteiger partial charge in [-0.05, 0) is 18.4 Å². The molecule has 2 N–H and O–H groups in total. The van der Waals surface area contributed by atoms with Crippen molar-refractivity contribution in [3.8, 4) is 0 Å². The number of amides is 1. The van der Waals surface area contributed by atoms with E-state index < -0.39 is 24.1 Å². The molecule has 0 fully saturated rings. The van der Waals surface area contributed by atoms with Crippen LogP contribution in [0.5, 0.6) is 0 Å². The average molecular weight is 323 g/mol. The van der Waals surface area contributed by atoms with Crippen LogP contribution >= 0.6 is 0 Å². The Morgan fingerprint density at radius 2 is 1.87 bits per heavy atom. The minimum atomic E-state index is -1.06. The molecule has 0 saturated carbocycles. The Hall–Kier alpha value is -2.57. The topological polar surface area (TPSA) is 102 Å². The minimum absolute atomic E-state index is 0.0572. The van der Waals surface area contributed by atoms with Gasteiger partial charge in [-0.25, -0.2) is 9.59 Å². The van der Waals surface area contributed by atoms with E-state index >= 15 is 0 Å². The monoisotopic (exact) mass is 323 g/mol. The number of carboxylic acid groups (broad SMARTS) is 1. The zero-order valence-corrected chi connectivity index (χ0v) is 13.0. The Balaban J connectivity index is 2.51. The van der Waals surface area contributed by atoms with E-state index in [0.717, 1.165) is 5.56 Å². The predicted octanol–water partition coefficient (Wildman–Crippen LogP) is 2.10. The third kappa shape index (κ3) is 7.85. The van der Waals surface area contributed by atoms with Gasteiger partial charge in [0.2, 0.25) is 0 Å². The smallest absolute Gasteiger partial charge is 0.408 e. The fraction of sp³-hybridized carbons (Fsp3) is 0.438. The molecule has 0 heterocycles. The lowest BCUT2D eigenvalue weighted by molar-refractivity contribution is -0.146. The van der Waals surface area contributed by atoms with Gasteiger partial charge in [-0.3, -0.25) is 4.79 Å². The Kier molecular flexibility index (Phi) is 8.20. The van der Waals surface area contributed by atoms with Crippen LogP contribution in [-0.4, -0.2) is 35.8 Å². The van der Waals surface area contributed by atoms with Gasteiger partial charge in [0.25, 0.3) is 0 Å². The Bertz CT molecular complexity index is 517. The Morgan fingerprint density at radius 1 is 1.17 bits per heavy atom. The number of carbonyl (C=O) groups is 3. The second-order valence-electron chi connectivity index (χ2n) is 4.86. The van der Waals surface area contributed by atoms with Gasteiger partial charge in [0, 0.05) is 6.42 Å². The molecule has 126 valence electrons. The third-order valence-corrected chi connectivity index (χ3v) is 2.88. The van der Waals surface area contributed by atoms with Crippen molar-refractivity contribution in [3.05, 3.63) is 35.9 Å². The maximum Gasteiger partial charge on any atom is 0.408 e. The van der Waals surface area contributed by atoms with Gasteiger partial charge in [0.15, 0.2) is 0 Å².